The van der Waals surface area contributed by atoms with E-state index in [9.17, 15) is 18.4 Å². The van der Waals surface area contributed by atoms with E-state index < -0.39 is 0 Å². The van der Waals surface area contributed by atoms with Gasteiger partial charge in [-0.25, -0.2) is 18.7 Å². The third kappa shape index (κ3) is 5.84. The molecule has 0 radical (unpaired) electrons. The van der Waals surface area contributed by atoms with E-state index in [1.165, 1.54) is 24.4 Å². The van der Waals surface area contributed by atoms with Crippen molar-refractivity contribution in [1.29, 1.82) is 0 Å². The highest BCUT2D eigenvalue weighted by Crippen LogP contribution is 2.28. The molecule has 2 aromatic carbocycles. The maximum absolute atomic E-state index is 14.4. The van der Waals surface area contributed by atoms with Crippen molar-refractivity contribution in [3.63, 3.8) is 0 Å². The van der Waals surface area contributed by atoms with Gasteiger partial charge in [0.15, 0.2) is 5.82 Å². The molecule has 10 heteroatoms. The number of ether oxygens (including phenoxy) is 1. The van der Waals surface area contributed by atoms with Crippen molar-refractivity contribution in [2.75, 3.05) is 55.7 Å². The molecule has 2 fully saturated rings. The summed E-state index contributed by atoms with van der Waals surface area (Å²) in [6, 6.07) is 12.6. The van der Waals surface area contributed by atoms with Crippen molar-refractivity contribution in [2.24, 2.45) is 5.92 Å². The molecule has 1 atom stereocenters. The van der Waals surface area contributed by atoms with Crippen LogP contribution in [-0.2, 0) is 9.53 Å². The lowest BCUT2D eigenvalue weighted by Crippen LogP contribution is -2.48. The van der Waals surface area contributed by atoms with Gasteiger partial charge in [-0.3, -0.25) is 9.59 Å². The molecule has 204 valence electrons. The normalized spacial score (nSPS) is 17.7. The molecule has 0 saturated carbocycles. The van der Waals surface area contributed by atoms with Crippen molar-refractivity contribution in [1.82, 2.24) is 14.9 Å². The SMILES string of the molecule is CCOC(=O)C1CCCN(C(=O)c2cnc(-c3ccc(F)cc3)nc2N2CCN(c3ccccc3F)CC2)C1. The standard InChI is InChI=1S/C29H31F2N5O3/c1-2-39-29(38)21-6-5-13-36(19-21)28(37)23-18-32-26(20-9-11-22(30)12-10-20)33-27(23)35-16-14-34(15-17-35)25-8-4-3-7-24(25)31/h3-4,7-12,18,21H,2,5-6,13-17,19H2,1H3. The summed E-state index contributed by atoms with van der Waals surface area (Å²) in [5.74, 6) is -0.694. The van der Waals surface area contributed by atoms with Gasteiger partial charge in [-0.15, -0.1) is 0 Å². The van der Waals surface area contributed by atoms with E-state index in [4.69, 9.17) is 9.72 Å². The summed E-state index contributed by atoms with van der Waals surface area (Å²) in [6.45, 7) is 4.97. The van der Waals surface area contributed by atoms with E-state index in [1.807, 2.05) is 15.9 Å². The molecule has 3 aromatic rings. The zero-order valence-corrected chi connectivity index (χ0v) is 21.9. The number of amides is 1. The molecule has 39 heavy (non-hydrogen) atoms. The molecule has 1 amide bonds. The first-order chi connectivity index (χ1) is 18.9. The third-order valence-electron chi connectivity index (χ3n) is 7.20. The Morgan fingerprint density at radius 2 is 1.69 bits per heavy atom. The van der Waals surface area contributed by atoms with Crippen molar-refractivity contribution >= 4 is 23.4 Å². The Hall–Kier alpha value is -4.08. The fourth-order valence-electron chi connectivity index (χ4n) is 5.15. The van der Waals surface area contributed by atoms with Crippen LogP contribution in [0.5, 0.6) is 0 Å². The Balaban J connectivity index is 1.42. The van der Waals surface area contributed by atoms with Crippen LogP contribution in [0.3, 0.4) is 0 Å². The Morgan fingerprint density at radius 3 is 2.41 bits per heavy atom. The zero-order valence-electron chi connectivity index (χ0n) is 21.9. The van der Waals surface area contributed by atoms with Crippen LogP contribution in [0.2, 0.25) is 0 Å². The second-order valence-corrected chi connectivity index (χ2v) is 9.71. The van der Waals surface area contributed by atoms with Crippen LogP contribution in [0.4, 0.5) is 20.3 Å². The molecule has 5 rings (SSSR count). The van der Waals surface area contributed by atoms with Gasteiger partial charge in [0.1, 0.15) is 23.0 Å². The van der Waals surface area contributed by atoms with Gasteiger partial charge in [0.05, 0.1) is 18.2 Å². The Bertz CT molecular complexity index is 1330. The number of anilines is 2. The minimum Gasteiger partial charge on any atom is -0.466 e. The molecule has 1 unspecified atom stereocenters. The summed E-state index contributed by atoms with van der Waals surface area (Å²) < 4.78 is 33.1. The number of hydrogen-bond donors (Lipinski definition) is 0. The molecule has 2 aliphatic rings. The van der Waals surface area contributed by atoms with Gasteiger partial charge in [-0.2, -0.15) is 0 Å². The van der Waals surface area contributed by atoms with Gasteiger partial charge in [0.25, 0.3) is 5.91 Å². The van der Waals surface area contributed by atoms with Crippen LogP contribution >= 0.6 is 0 Å². The lowest BCUT2D eigenvalue weighted by Gasteiger charge is -2.38. The lowest BCUT2D eigenvalue weighted by molar-refractivity contribution is -0.149. The molecular formula is C29H31F2N5O3. The highest BCUT2D eigenvalue weighted by molar-refractivity contribution is 5.99. The number of piperidine rings is 1. The topological polar surface area (TPSA) is 78.9 Å². The zero-order chi connectivity index (χ0) is 27.4. The molecule has 3 heterocycles. The Kier molecular flexibility index (Phi) is 7.99. The lowest BCUT2D eigenvalue weighted by atomic mass is 9.97. The number of para-hydroxylation sites is 1. The molecule has 8 nitrogen and oxygen atoms in total. The number of rotatable bonds is 6. The highest BCUT2D eigenvalue weighted by atomic mass is 19.1. The van der Waals surface area contributed by atoms with Crippen LogP contribution in [0, 0.1) is 17.6 Å². The van der Waals surface area contributed by atoms with Crippen molar-refractivity contribution in [3.8, 4) is 11.4 Å². The molecule has 0 aliphatic carbocycles. The van der Waals surface area contributed by atoms with Gasteiger partial charge in [-0.05, 0) is 56.2 Å². The number of carbonyl (C=O) groups is 2. The van der Waals surface area contributed by atoms with Crippen molar-refractivity contribution < 1.29 is 23.1 Å². The van der Waals surface area contributed by atoms with Crippen LogP contribution < -0.4 is 9.80 Å². The van der Waals surface area contributed by atoms with E-state index in [0.29, 0.717) is 80.6 Å². The summed E-state index contributed by atoms with van der Waals surface area (Å²) in [4.78, 5) is 41.0. The summed E-state index contributed by atoms with van der Waals surface area (Å²) in [5, 5.41) is 0. The summed E-state index contributed by atoms with van der Waals surface area (Å²) in [5.41, 5.74) is 1.51. The van der Waals surface area contributed by atoms with Crippen LogP contribution in [0.1, 0.15) is 30.1 Å². The maximum atomic E-state index is 14.4. The third-order valence-corrected chi connectivity index (χ3v) is 7.20. The first-order valence-corrected chi connectivity index (χ1v) is 13.3. The predicted octanol–water partition coefficient (Wildman–Crippen LogP) is 4.16. The number of esters is 1. The fraction of sp³-hybridized carbons (Fsp3) is 0.379. The van der Waals surface area contributed by atoms with Crippen LogP contribution in [0.25, 0.3) is 11.4 Å². The number of aromatic nitrogens is 2. The first kappa shape index (κ1) is 26.5. The van der Waals surface area contributed by atoms with Gasteiger partial charge in [0.2, 0.25) is 0 Å². The minimum absolute atomic E-state index is 0.249. The second kappa shape index (κ2) is 11.8. The summed E-state index contributed by atoms with van der Waals surface area (Å²) in [6.07, 6.45) is 2.88. The van der Waals surface area contributed by atoms with Crippen LogP contribution in [-0.4, -0.2) is 72.6 Å². The predicted molar refractivity (Wildman–Crippen MR) is 144 cm³/mol. The molecule has 0 N–H and O–H groups in total. The van der Waals surface area contributed by atoms with E-state index >= 15 is 0 Å². The van der Waals surface area contributed by atoms with Gasteiger partial charge in [-0.1, -0.05) is 12.1 Å². The minimum atomic E-state index is -0.366. The number of carbonyl (C=O) groups excluding carboxylic acids is 2. The van der Waals surface area contributed by atoms with Gasteiger partial charge >= 0.3 is 5.97 Å². The Morgan fingerprint density at radius 1 is 0.974 bits per heavy atom. The molecular weight excluding hydrogens is 504 g/mol. The molecule has 0 spiro atoms. The highest BCUT2D eigenvalue weighted by Gasteiger charge is 2.33. The fourth-order valence-corrected chi connectivity index (χ4v) is 5.15. The van der Waals surface area contributed by atoms with Gasteiger partial charge in [0, 0.05) is 51.0 Å². The van der Waals surface area contributed by atoms with Crippen molar-refractivity contribution in [2.45, 2.75) is 19.8 Å². The average molecular weight is 536 g/mol. The van der Waals surface area contributed by atoms with E-state index in [1.54, 1.807) is 36.1 Å². The number of likely N-dealkylation sites (tertiary alicyclic amines) is 1. The maximum Gasteiger partial charge on any atom is 0.310 e. The molecule has 2 saturated heterocycles. The number of piperazine rings is 1. The van der Waals surface area contributed by atoms with Crippen molar-refractivity contribution in [3.05, 3.63) is 71.9 Å². The van der Waals surface area contributed by atoms with E-state index in [0.717, 1.165) is 0 Å². The monoisotopic (exact) mass is 535 g/mol. The first-order valence-electron chi connectivity index (χ1n) is 13.3. The number of benzene rings is 2. The average Bonchev–Trinajstić information content (AvgIpc) is 2.97. The van der Waals surface area contributed by atoms with E-state index in [2.05, 4.69) is 4.98 Å². The molecule has 0 bridgehead atoms. The molecule has 2 aliphatic heterocycles. The Labute approximate surface area is 226 Å². The summed E-state index contributed by atoms with van der Waals surface area (Å²) in [7, 11) is 0. The second-order valence-electron chi connectivity index (χ2n) is 9.71. The smallest absolute Gasteiger partial charge is 0.310 e. The summed E-state index contributed by atoms with van der Waals surface area (Å²) >= 11 is 0. The number of halogens is 2. The van der Waals surface area contributed by atoms with E-state index in [-0.39, 0.29) is 36.0 Å². The molecule has 1 aromatic heterocycles. The largest absolute Gasteiger partial charge is 0.466 e. The quantitative estimate of drug-likeness (QED) is 0.439. The van der Waals surface area contributed by atoms with Gasteiger partial charge < -0.3 is 19.4 Å². The van der Waals surface area contributed by atoms with Crippen LogP contribution in [0.15, 0.2) is 54.7 Å². The number of nitrogens with zero attached hydrogens (tertiary/aromatic N) is 5. The number of hydrogen-bond acceptors (Lipinski definition) is 7.